The zero-order valence-electron chi connectivity index (χ0n) is 13.0. The molecule has 2 N–H and O–H groups in total. The van der Waals surface area contributed by atoms with Crippen LogP contribution in [-0.4, -0.2) is 43.9 Å². The number of hydrogen-bond acceptors (Lipinski definition) is 3. The van der Waals surface area contributed by atoms with Crippen LogP contribution in [-0.2, 0) is 9.59 Å². The van der Waals surface area contributed by atoms with Crippen LogP contribution in [0.15, 0.2) is 18.2 Å². The lowest BCUT2D eigenvalue weighted by Crippen LogP contribution is -2.36. The Kier molecular flexibility index (Phi) is 8.66. The normalized spacial score (nSPS) is 9.71. The van der Waals surface area contributed by atoms with Gasteiger partial charge in [-0.15, -0.1) is 12.4 Å². The number of carbonyl (C=O) groups excluding carboxylic acids is 2. The molecule has 0 unspecified atom stereocenters. The number of nitrogens with zero attached hydrogens (tertiary/aromatic N) is 1. The second kappa shape index (κ2) is 9.37. The Labute approximate surface area is 132 Å². The molecular weight excluding hydrogens is 290 g/mol. The highest BCUT2D eigenvalue weighted by atomic mass is 35.5. The molecule has 0 saturated carbocycles. The fraction of sp³-hybridized carbons (Fsp3) is 0.467. The number of likely N-dealkylation sites (N-methyl/N-ethyl adjacent to an activating group) is 1. The van der Waals surface area contributed by atoms with Gasteiger partial charge in [-0.1, -0.05) is 18.2 Å². The lowest BCUT2D eigenvalue weighted by atomic mass is 10.1. The number of nitrogens with one attached hydrogen (secondary N) is 2. The highest BCUT2D eigenvalue weighted by molar-refractivity contribution is 5.95. The summed E-state index contributed by atoms with van der Waals surface area (Å²) in [5.41, 5.74) is 2.86. The molecule has 5 nitrogen and oxygen atoms in total. The van der Waals surface area contributed by atoms with Crippen LogP contribution in [0.3, 0.4) is 0 Å². The average Bonchev–Trinajstić information content (AvgIpc) is 2.40. The summed E-state index contributed by atoms with van der Waals surface area (Å²) in [6.45, 7) is 4.58. The maximum absolute atomic E-state index is 12.0. The van der Waals surface area contributed by atoms with Crippen LogP contribution in [0.1, 0.15) is 17.5 Å². The summed E-state index contributed by atoms with van der Waals surface area (Å²) in [7, 11) is 3.43. The number of anilines is 1. The summed E-state index contributed by atoms with van der Waals surface area (Å²) in [5, 5.41) is 5.79. The highest BCUT2D eigenvalue weighted by Crippen LogP contribution is 2.19. The summed E-state index contributed by atoms with van der Waals surface area (Å²) >= 11 is 0. The minimum atomic E-state index is -0.178. The van der Waals surface area contributed by atoms with Crippen molar-refractivity contribution < 1.29 is 9.59 Å². The van der Waals surface area contributed by atoms with Gasteiger partial charge in [-0.05, 0) is 32.0 Å². The summed E-state index contributed by atoms with van der Waals surface area (Å²) in [4.78, 5) is 25.2. The van der Waals surface area contributed by atoms with Gasteiger partial charge in [0.15, 0.2) is 0 Å². The molecule has 0 fully saturated rings. The monoisotopic (exact) mass is 313 g/mol. The number of para-hydroxylation sites is 1. The topological polar surface area (TPSA) is 61.4 Å². The zero-order chi connectivity index (χ0) is 15.1. The molecule has 118 valence electrons. The fourth-order valence-corrected chi connectivity index (χ4v) is 1.92. The van der Waals surface area contributed by atoms with E-state index in [9.17, 15) is 9.59 Å². The quantitative estimate of drug-likeness (QED) is 0.841. The van der Waals surface area contributed by atoms with Gasteiger partial charge in [-0.3, -0.25) is 9.59 Å². The van der Waals surface area contributed by atoms with E-state index >= 15 is 0 Å². The molecule has 21 heavy (non-hydrogen) atoms. The van der Waals surface area contributed by atoms with Crippen molar-refractivity contribution >= 4 is 29.9 Å². The van der Waals surface area contributed by atoms with Crippen LogP contribution in [0.5, 0.6) is 0 Å². The van der Waals surface area contributed by atoms with Crippen molar-refractivity contribution in [1.82, 2.24) is 10.2 Å². The van der Waals surface area contributed by atoms with E-state index in [1.807, 2.05) is 32.0 Å². The Bertz CT molecular complexity index is 472. The van der Waals surface area contributed by atoms with Crippen molar-refractivity contribution in [2.24, 2.45) is 0 Å². The van der Waals surface area contributed by atoms with Gasteiger partial charge in [-0.25, -0.2) is 0 Å². The first-order valence-electron chi connectivity index (χ1n) is 6.70. The van der Waals surface area contributed by atoms with E-state index in [2.05, 4.69) is 10.6 Å². The Morgan fingerprint density at radius 2 is 1.76 bits per heavy atom. The SMILES string of the molecule is CNCCC(=O)N(C)CC(=O)Nc1c(C)cccc1C.Cl. The molecule has 0 atom stereocenters. The van der Waals surface area contributed by atoms with Crippen molar-refractivity contribution in [2.75, 3.05) is 32.5 Å². The number of carbonyl (C=O) groups is 2. The fourth-order valence-electron chi connectivity index (χ4n) is 1.92. The third-order valence-corrected chi connectivity index (χ3v) is 3.14. The van der Waals surface area contributed by atoms with E-state index in [-0.39, 0.29) is 30.8 Å². The van der Waals surface area contributed by atoms with E-state index < -0.39 is 0 Å². The van der Waals surface area contributed by atoms with Crippen LogP contribution in [0.4, 0.5) is 5.69 Å². The average molecular weight is 314 g/mol. The minimum absolute atomic E-state index is 0. The molecular formula is C15H24ClN3O2. The van der Waals surface area contributed by atoms with Crippen molar-refractivity contribution in [1.29, 1.82) is 0 Å². The van der Waals surface area contributed by atoms with Crippen molar-refractivity contribution in [2.45, 2.75) is 20.3 Å². The third kappa shape index (κ3) is 6.14. The van der Waals surface area contributed by atoms with E-state index in [1.165, 1.54) is 4.90 Å². The molecule has 0 spiro atoms. The maximum atomic E-state index is 12.0. The lowest BCUT2D eigenvalue weighted by Gasteiger charge is -2.18. The van der Waals surface area contributed by atoms with E-state index in [0.717, 1.165) is 16.8 Å². The number of amides is 2. The van der Waals surface area contributed by atoms with Gasteiger partial charge in [-0.2, -0.15) is 0 Å². The Hall–Kier alpha value is -1.59. The van der Waals surface area contributed by atoms with E-state index in [0.29, 0.717) is 13.0 Å². The van der Waals surface area contributed by atoms with Gasteiger partial charge in [0, 0.05) is 25.7 Å². The Balaban J connectivity index is 0.00000400. The number of benzene rings is 1. The van der Waals surface area contributed by atoms with Crippen LogP contribution in [0.2, 0.25) is 0 Å². The highest BCUT2D eigenvalue weighted by Gasteiger charge is 2.13. The molecule has 0 aliphatic carbocycles. The smallest absolute Gasteiger partial charge is 0.243 e. The summed E-state index contributed by atoms with van der Waals surface area (Å²) < 4.78 is 0. The second-order valence-electron chi connectivity index (χ2n) is 4.92. The molecule has 0 saturated heterocycles. The molecule has 2 amide bonds. The summed E-state index contributed by atoms with van der Waals surface area (Å²) in [6.07, 6.45) is 0.393. The number of aryl methyl sites for hydroxylation is 2. The number of halogens is 1. The molecule has 1 aromatic carbocycles. The number of rotatable bonds is 6. The Morgan fingerprint density at radius 1 is 1.19 bits per heavy atom. The van der Waals surface area contributed by atoms with Crippen LogP contribution < -0.4 is 10.6 Å². The first-order chi connectivity index (χ1) is 9.45. The molecule has 6 heteroatoms. The minimum Gasteiger partial charge on any atom is -0.336 e. The van der Waals surface area contributed by atoms with E-state index in [1.54, 1.807) is 14.1 Å². The van der Waals surface area contributed by atoms with Gasteiger partial charge < -0.3 is 15.5 Å². The summed E-state index contributed by atoms with van der Waals surface area (Å²) in [6, 6.07) is 5.85. The molecule has 0 aromatic heterocycles. The van der Waals surface area contributed by atoms with Crippen molar-refractivity contribution in [3.05, 3.63) is 29.3 Å². The van der Waals surface area contributed by atoms with Crippen LogP contribution in [0.25, 0.3) is 0 Å². The predicted octanol–water partition coefficient (Wildman–Crippen LogP) is 1.73. The predicted molar refractivity (Wildman–Crippen MR) is 88.0 cm³/mol. The largest absolute Gasteiger partial charge is 0.336 e. The Morgan fingerprint density at radius 3 is 2.29 bits per heavy atom. The zero-order valence-corrected chi connectivity index (χ0v) is 13.8. The van der Waals surface area contributed by atoms with Gasteiger partial charge in [0.25, 0.3) is 0 Å². The molecule has 0 radical (unpaired) electrons. The first-order valence-corrected chi connectivity index (χ1v) is 6.70. The maximum Gasteiger partial charge on any atom is 0.243 e. The standard InChI is InChI=1S/C15H23N3O2.ClH/c1-11-6-5-7-12(2)15(11)17-13(19)10-18(4)14(20)8-9-16-3;/h5-7,16H,8-10H2,1-4H3,(H,17,19);1H. The molecule has 0 aliphatic rings. The van der Waals surface area contributed by atoms with Gasteiger partial charge >= 0.3 is 0 Å². The first kappa shape index (κ1) is 19.4. The van der Waals surface area contributed by atoms with Crippen molar-refractivity contribution in [3.8, 4) is 0 Å². The van der Waals surface area contributed by atoms with Crippen LogP contribution >= 0.6 is 12.4 Å². The molecule has 1 aromatic rings. The molecule has 0 bridgehead atoms. The van der Waals surface area contributed by atoms with Gasteiger partial charge in [0.05, 0.1) is 6.54 Å². The second-order valence-corrected chi connectivity index (χ2v) is 4.92. The third-order valence-electron chi connectivity index (χ3n) is 3.14. The molecule has 1 rings (SSSR count). The van der Waals surface area contributed by atoms with Crippen molar-refractivity contribution in [3.63, 3.8) is 0 Å². The molecule has 0 aliphatic heterocycles. The van der Waals surface area contributed by atoms with Gasteiger partial charge in [0.1, 0.15) is 0 Å². The number of hydrogen-bond donors (Lipinski definition) is 2. The summed E-state index contributed by atoms with van der Waals surface area (Å²) in [5.74, 6) is -0.223. The lowest BCUT2D eigenvalue weighted by molar-refractivity contribution is -0.133. The van der Waals surface area contributed by atoms with E-state index in [4.69, 9.17) is 0 Å². The van der Waals surface area contributed by atoms with Crippen LogP contribution in [0, 0.1) is 13.8 Å². The van der Waals surface area contributed by atoms with Gasteiger partial charge in [0.2, 0.25) is 11.8 Å². The molecule has 0 heterocycles.